The molecule has 16 nitrogen and oxygen atoms in total. The van der Waals surface area contributed by atoms with Crippen LogP contribution in [0.25, 0.3) is 10.8 Å². The maximum Gasteiger partial charge on any atom is 0.351 e. The van der Waals surface area contributed by atoms with Gasteiger partial charge in [0.05, 0.1) is 27.5 Å². The number of aromatic hydroxyl groups is 1. The fraction of sp³-hybridized carbons (Fsp3) is 0. The third-order valence-corrected chi connectivity index (χ3v) is 6.79. The largest absolute Gasteiger partial charge is 0.505 e. The average Bonchev–Trinajstić information content (AvgIpc) is 2.79. The van der Waals surface area contributed by atoms with Gasteiger partial charge in [-0.3, -0.25) is 14.1 Å². The maximum atomic E-state index is 12.2. The Bertz CT molecular complexity index is 1910. The first-order valence-electron chi connectivity index (χ1n) is 10.0. The summed E-state index contributed by atoms with van der Waals surface area (Å²) < 4.78 is 66.0. The van der Waals surface area contributed by atoms with E-state index in [4.69, 9.17) is 5.73 Å². The Morgan fingerprint density at radius 2 is 1.63 bits per heavy atom. The number of phenols is 1. The predicted molar refractivity (Wildman–Crippen MR) is 132 cm³/mol. The zero-order chi connectivity index (χ0) is 28.0. The number of rotatable bonds is 7. The predicted octanol–water partition coefficient (Wildman–Crippen LogP) is 1.28. The SMILES string of the molecule is Nc1c(S(=O)(=O)O)cc2cc(S(=O)(=O)O)cc(Nc3nc(Nc4ccccc4C(=O)O)nc(=O)[nH]3)c2c1O. The van der Waals surface area contributed by atoms with E-state index < -0.39 is 59.1 Å². The summed E-state index contributed by atoms with van der Waals surface area (Å²) in [6, 6.07) is 8.06. The summed E-state index contributed by atoms with van der Waals surface area (Å²) in [7, 11) is -9.84. The lowest BCUT2D eigenvalue weighted by Crippen LogP contribution is -2.17. The van der Waals surface area contributed by atoms with Crippen LogP contribution in [0.4, 0.5) is 29.0 Å². The Kier molecular flexibility index (Phi) is 6.41. The third-order valence-electron chi connectivity index (χ3n) is 5.07. The molecule has 198 valence electrons. The number of carbonyl (C=O) groups is 1. The number of aromatic carboxylic acids is 1. The number of aromatic nitrogens is 3. The fourth-order valence-electron chi connectivity index (χ4n) is 3.47. The summed E-state index contributed by atoms with van der Waals surface area (Å²) in [4.78, 5) is 31.7. The second-order valence-corrected chi connectivity index (χ2v) is 10.4. The van der Waals surface area contributed by atoms with Crippen molar-refractivity contribution in [2.24, 2.45) is 0 Å². The molecule has 9 N–H and O–H groups in total. The first-order chi connectivity index (χ1) is 17.6. The fourth-order valence-corrected chi connectivity index (χ4v) is 4.67. The van der Waals surface area contributed by atoms with Gasteiger partial charge in [-0.05, 0) is 35.7 Å². The quantitative estimate of drug-likeness (QED) is 0.0891. The smallest absolute Gasteiger partial charge is 0.351 e. The van der Waals surface area contributed by atoms with E-state index in [1.165, 1.54) is 24.3 Å². The number of carboxylic acid groups (broad SMARTS) is 1. The number of nitrogen functional groups attached to an aromatic ring is 1. The van der Waals surface area contributed by atoms with Crippen molar-refractivity contribution < 1.29 is 40.9 Å². The molecule has 0 spiro atoms. The molecule has 0 saturated heterocycles. The molecular weight excluding hydrogens is 548 g/mol. The number of phenolic OH excluding ortho intramolecular Hbond substituents is 1. The number of nitrogens with one attached hydrogen (secondary N) is 3. The van der Waals surface area contributed by atoms with Gasteiger partial charge in [-0.15, -0.1) is 0 Å². The third kappa shape index (κ3) is 5.18. The highest BCUT2D eigenvalue weighted by molar-refractivity contribution is 7.86. The van der Waals surface area contributed by atoms with Gasteiger partial charge >= 0.3 is 11.7 Å². The molecule has 18 heteroatoms. The van der Waals surface area contributed by atoms with Crippen LogP contribution >= 0.6 is 0 Å². The van der Waals surface area contributed by atoms with Crippen molar-refractivity contribution in [2.45, 2.75) is 9.79 Å². The molecule has 1 heterocycles. The molecule has 0 saturated carbocycles. The van der Waals surface area contributed by atoms with Gasteiger partial charge in [0.15, 0.2) is 0 Å². The summed E-state index contributed by atoms with van der Waals surface area (Å²) in [6.45, 7) is 0. The number of para-hydroxylation sites is 1. The van der Waals surface area contributed by atoms with Gasteiger partial charge in [-0.2, -0.15) is 26.8 Å². The van der Waals surface area contributed by atoms with Crippen molar-refractivity contribution in [1.29, 1.82) is 0 Å². The molecule has 0 amide bonds. The van der Waals surface area contributed by atoms with Crippen LogP contribution in [-0.4, -0.2) is 57.1 Å². The lowest BCUT2D eigenvalue weighted by atomic mass is 10.1. The van der Waals surface area contributed by atoms with Crippen molar-refractivity contribution in [3.63, 3.8) is 0 Å². The first kappa shape index (κ1) is 26.3. The number of benzene rings is 3. The lowest BCUT2D eigenvalue weighted by Gasteiger charge is -2.15. The summed E-state index contributed by atoms with van der Waals surface area (Å²) >= 11 is 0. The molecule has 0 unspecified atom stereocenters. The number of hydrogen-bond donors (Lipinski definition) is 8. The van der Waals surface area contributed by atoms with Crippen molar-refractivity contribution in [3.8, 4) is 5.75 Å². The molecule has 4 rings (SSSR count). The average molecular weight is 565 g/mol. The molecular formula is C20H16N6O10S2. The van der Waals surface area contributed by atoms with Gasteiger partial charge in [-0.25, -0.2) is 9.59 Å². The van der Waals surface area contributed by atoms with E-state index in [0.29, 0.717) is 0 Å². The molecule has 0 atom stereocenters. The highest BCUT2D eigenvalue weighted by atomic mass is 32.2. The van der Waals surface area contributed by atoms with Crippen LogP contribution in [0.15, 0.2) is 57.1 Å². The lowest BCUT2D eigenvalue weighted by molar-refractivity contribution is 0.0698. The minimum absolute atomic E-state index is 0.0403. The summed E-state index contributed by atoms with van der Waals surface area (Å²) in [6.07, 6.45) is 0. The van der Waals surface area contributed by atoms with Crippen LogP contribution < -0.4 is 22.1 Å². The second kappa shape index (κ2) is 9.27. The zero-order valence-corrected chi connectivity index (χ0v) is 20.2. The summed E-state index contributed by atoms with van der Waals surface area (Å²) in [5.74, 6) is -2.93. The van der Waals surface area contributed by atoms with E-state index in [1.54, 1.807) is 0 Å². The van der Waals surface area contributed by atoms with Gasteiger partial charge in [0.25, 0.3) is 20.2 Å². The highest BCUT2D eigenvalue weighted by Crippen LogP contribution is 2.42. The number of hydrogen-bond acceptors (Lipinski definition) is 12. The Labute approximate surface area is 212 Å². The minimum atomic E-state index is -4.95. The summed E-state index contributed by atoms with van der Waals surface area (Å²) in [5, 5.41) is 24.5. The Hall–Kier alpha value is -4.78. The van der Waals surface area contributed by atoms with E-state index in [-0.39, 0.29) is 33.7 Å². The minimum Gasteiger partial charge on any atom is -0.505 e. The second-order valence-electron chi connectivity index (χ2n) is 7.58. The number of fused-ring (bicyclic) bond motifs is 1. The maximum absolute atomic E-state index is 12.2. The molecule has 0 aliphatic rings. The number of H-pyrrole nitrogens is 1. The van der Waals surface area contributed by atoms with Crippen LogP contribution in [-0.2, 0) is 20.2 Å². The number of nitrogens with zero attached hydrogens (tertiary/aromatic N) is 2. The van der Waals surface area contributed by atoms with Crippen LogP contribution in [0.1, 0.15) is 10.4 Å². The number of anilines is 5. The monoisotopic (exact) mass is 564 g/mol. The molecule has 0 bridgehead atoms. The van der Waals surface area contributed by atoms with Crippen LogP contribution in [0.5, 0.6) is 5.75 Å². The van der Waals surface area contributed by atoms with Gasteiger partial charge in [0, 0.05) is 5.39 Å². The topological polar surface area (TPSA) is 275 Å². The zero-order valence-electron chi connectivity index (χ0n) is 18.6. The molecule has 4 aromatic rings. The molecule has 3 aromatic carbocycles. The Morgan fingerprint density at radius 3 is 2.26 bits per heavy atom. The van der Waals surface area contributed by atoms with Gasteiger partial charge in [0.1, 0.15) is 10.6 Å². The first-order valence-corrected chi connectivity index (χ1v) is 12.9. The molecule has 0 fully saturated rings. The van der Waals surface area contributed by atoms with Crippen LogP contribution in [0.2, 0.25) is 0 Å². The standard InChI is InChI=1S/C20H16N6O10S2/c21-15-13(38(34,35)36)6-8-5-9(37(31,32)33)7-12(14(8)16(15)27)23-19-24-18(25-20(30)26-19)22-11-4-2-1-3-10(11)17(28)29/h1-7,27H,21H2,(H,28,29)(H,31,32,33)(H,34,35,36)(H3,22,23,24,25,26,30). The van der Waals surface area contributed by atoms with Gasteiger partial charge < -0.3 is 26.6 Å². The summed E-state index contributed by atoms with van der Waals surface area (Å²) in [5.41, 5.74) is 3.47. The van der Waals surface area contributed by atoms with E-state index >= 15 is 0 Å². The molecule has 0 radical (unpaired) electrons. The van der Waals surface area contributed by atoms with E-state index in [1.807, 2.05) is 0 Å². The Balaban J connectivity index is 1.89. The normalized spacial score (nSPS) is 11.8. The molecule has 0 aliphatic carbocycles. The number of nitrogens with two attached hydrogens (primary N) is 1. The molecule has 38 heavy (non-hydrogen) atoms. The van der Waals surface area contributed by atoms with Crippen LogP contribution in [0, 0.1) is 0 Å². The van der Waals surface area contributed by atoms with Crippen molar-refractivity contribution in [2.75, 3.05) is 16.4 Å². The molecule has 0 aliphatic heterocycles. The number of aromatic amines is 1. The highest BCUT2D eigenvalue weighted by Gasteiger charge is 2.24. The van der Waals surface area contributed by atoms with E-state index in [9.17, 15) is 45.7 Å². The molecule has 1 aromatic heterocycles. The number of carboxylic acids is 1. The van der Waals surface area contributed by atoms with Crippen LogP contribution in [0.3, 0.4) is 0 Å². The van der Waals surface area contributed by atoms with E-state index in [0.717, 1.165) is 18.2 Å². The van der Waals surface area contributed by atoms with Gasteiger partial charge in [0.2, 0.25) is 11.9 Å². The van der Waals surface area contributed by atoms with Crippen molar-refractivity contribution in [1.82, 2.24) is 15.0 Å². The van der Waals surface area contributed by atoms with Crippen molar-refractivity contribution >= 4 is 65.9 Å². The van der Waals surface area contributed by atoms with Crippen molar-refractivity contribution in [3.05, 3.63) is 58.5 Å². The van der Waals surface area contributed by atoms with E-state index in [2.05, 4.69) is 25.6 Å². The van der Waals surface area contributed by atoms with Gasteiger partial charge in [-0.1, -0.05) is 12.1 Å². The Morgan fingerprint density at radius 1 is 0.947 bits per heavy atom.